The summed E-state index contributed by atoms with van der Waals surface area (Å²) in [7, 11) is 0. The van der Waals surface area contributed by atoms with E-state index < -0.39 is 11.4 Å². The maximum atomic E-state index is 11.2. The zero-order chi connectivity index (χ0) is 12.3. The molecule has 90 valence electrons. The van der Waals surface area contributed by atoms with Gasteiger partial charge in [-0.3, -0.25) is 4.79 Å². The molecule has 1 rings (SSSR count). The molecule has 1 unspecified atom stereocenters. The zero-order valence-corrected chi connectivity index (χ0v) is 10.8. The SMILES string of the molecule is CC(C)=CCC1=C(C)CCC(C)(C(=O)O)C1. The van der Waals surface area contributed by atoms with Gasteiger partial charge in [-0.15, -0.1) is 0 Å². The monoisotopic (exact) mass is 222 g/mol. The van der Waals surface area contributed by atoms with Crippen LogP contribution in [0.1, 0.15) is 53.4 Å². The van der Waals surface area contributed by atoms with E-state index in [9.17, 15) is 9.90 Å². The first kappa shape index (κ1) is 13.0. The molecule has 0 aromatic carbocycles. The number of allylic oxidation sites excluding steroid dienone is 4. The molecule has 1 aliphatic rings. The van der Waals surface area contributed by atoms with E-state index in [1.54, 1.807) is 0 Å². The van der Waals surface area contributed by atoms with Crippen molar-refractivity contribution in [1.29, 1.82) is 0 Å². The van der Waals surface area contributed by atoms with Crippen LogP contribution in [0.2, 0.25) is 0 Å². The first-order valence-corrected chi connectivity index (χ1v) is 5.89. The zero-order valence-electron chi connectivity index (χ0n) is 10.8. The van der Waals surface area contributed by atoms with Gasteiger partial charge < -0.3 is 5.11 Å². The number of hydrogen-bond donors (Lipinski definition) is 1. The highest BCUT2D eigenvalue weighted by atomic mass is 16.4. The van der Waals surface area contributed by atoms with Gasteiger partial charge in [0, 0.05) is 0 Å². The van der Waals surface area contributed by atoms with Gasteiger partial charge in [0.25, 0.3) is 0 Å². The largest absolute Gasteiger partial charge is 0.481 e. The van der Waals surface area contributed by atoms with Crippen LogP contribution in [0, 0.1) is 5.41 Å². The molecule has 2 nitrogen and oxygen atoms in total. The summed E-state index contributed by atoms with van der Waals surface area (Å²) in [6.07, 6.45) is 5.50. The number of hydrogen-bond acceptors (Lipinski definition) is 1. The normalized spacial score (nSPS) is 25.5. The van der Waals surface area contributed by atoms with E-state index in [2.05, 4.69) is 26.8 Å². The number of aliphatic carboxylic acids is 1. The van der Waals surface area contributed by atoms with Crippen LogP contribution in [0.3, 0.4) is 0 Å². The molecule has 1 atom stereocenters. The first-order chi connectivity index (χ1) is 7.35. The second kappa shape index (κ2) is 4.86. The van der Waals surface area contributed by atoms with E-state index in [4.69, 9.17) is 0 Å². The van der Waals surface area contributed by atoms with Crippen molar-refractivity contribution in [3.05, 3.63) is 22.8 Å². The quantitative estimate of drug-likeness (QED) is 0.734. The smallest absolute Gasteiger partial charge is 0.309 e. The molecular weight excluding hydrogens is 200 g/mol. The Bertz CT molecular complexity index is 346. The third-order valence-electron chi connectivity index (χ3n) is 3.53. The Balaban J connectivity index is 2.83. The van der Waals surface area contributed by atoms with E-state index in [0.29, 0.717) is 6.42 Å². The second-order valence-corrected chi connectivity index (χ2v) is 5.41. The average molecular weight is 222 g/mol. The summed E-state index contributed by atoms with van der Waals surface area (Å²) in [4.78, 5) is 11.2. The lowest BCUT2D eigenvalue weighted by atomic mass is 9.72. The summed E-state index contributed by atoms with van der Waals surface area (Å²) in [5.74, 6) is -0.658. The van der Waals surface area contributed by atoms with Crippen LogP contribution in [0.4, 0.5) is 0 Å². The van der Waals surface area contributed by atoms with Crippen molar-refractivity contribution in [2.24, 2.45) is 5.41 Å². The molecule has 1 aliphatic carbocycles. The lowest BCUT2D eigenvalue weighted by Crippen LogP contribution is -2.30. The molecule has 16 heavy (non-hydrogen) atoms. The molecule has 1 N–H and O–H groups in total. The van der Waals surface area contributed by atoms with Crippen LogP contribution in [-0.2, 0) is 4.79 Å². The molecule has 0 fully saturated rings. The van der Waals surface area contributed by atoms with Gasteiger partial charge in [-0.2, -0.15) is 0 Å². The van der Waals surface area contributed by atoms with Crippen LogP contribution >= 0.6 is 0 Å². The highest BCUT2D eigenvalue weighted by molar-refractivity contribution is 5.75. The molecule has 0 amide bonds. The lowest BCUT2D eigenvalue weighted by molar-refractivity contribution is -0.148. The Morgan fingerprint density at radius 3 is 2.62 bits per heavy atom. The highest BCUT2D eigenvalue weighted by Gasteiger charge is 2.36. The van der Waals surface area contributed by atoms with Gasteiger partial charge in [-0.25, -0.2) is 0 Å². The minimum Gasteiger partial charge on any atom is -0.481 e. The number of carbonyl (C=O) groups is 1. The van der Waals surface area contributed by atoms with Crippen molar-refractivity contribution >= 4 is 5.97 Å². The van der Waals surface area contributed by atoms with E-state index in [0.717, 1.165) is 19.3 Å². The van der Waals surface area contributed by atoms with Crippen molar-refractivity contribution in [3.8, 4) is 0 Å². The topological polar surface area (TPSA) is 37.3 Å². The fourth-order valence-electron chi connectivity index (χ4n) is 2.11. The predicted molar refractivity (Wildman–Crippen MR) is 66.3 cm³/mol. The van der Waals surface area contributed by atoms with Crippen LogP contribution in [0.15, 0.2) is 22.8 Å². The summed E-state index contributed by atoms with van der Waals surface area (Å²) in [5, 5.41) is 9.24. The standard InChI is InChI=1S/C14H22O2/c1-10(2)5-6-12-9-14(4,13(15)16)8-7-11(12)3/h5H,6-9H2,1-4H3,(H,15,16). The van der Waals surface area contributed by atoms with Crippen LogP contribution < -0.4 is 0 Å². The summed E-state index contributed by atoms with van der Waals surface area (Å²) in [6, 6.07) is 0. The average Bonchev–Trinajstić information content (AvgIpc) is 2.19. The maximum absolute atomic E-state index is 11.2. The molecule has 2 heteroatoms. The molecule has 0 saturated heterocycles. The minimum absolute atomic E-state index is 0.551. The fraction of sp³-hybridized carbons (Fsp3) is 0.643. The molecule has 0 aliphatic heterocycles. The molecule has 0 spiro atoms. The Morgan fingerprint density at radius 1 is 1.50 bits per heavy atom. The highest BCUT2D eigenvalue weighted by Crippen LogP contribution is 2.40. The predicted octanol–water partition coefficient (Wildman–Crippen LogP) is 3.93. The van der Waals surface area contributed by atoms with Crippen LogP contribution in [0.25, 0.3) is 0 Å². The molecule has 0 saturated carbocycles. The Hall–Kier alpha value is -1.05. The summed E-state index contributed by atoms with van der Waals surface area (Å²) in [5.41, 5.74) is 3.45. The molecule has 0 aromatic rings. The van der Waals surface area contributed by atoms with Gasteiger partial charge in [0.2, 0.25) is 0 Å². The van der Waals surface area contributed by atoms with Crippen molar-refractivity contribution in [2.75, 3.05) is 0 Å². The summed E-state index contributed by atoms with van der Waals surface area (Å²) >= 11 is 0. The Kier molecular flexibility index (Phi) is 3.95. The van der Waals surface area contributed by atoms with Gasteiger partial charge in [0.05, 0.1) is 5.41 Å². The van der Waals surface area contributed by atoms with Gasteiger partial charge in [0.15, 0.2) is 0 Å². The van der Waals surface area contributed by atoms with Crippen molar-refractivity contribution in [3.63, 3.8) is 0 Å². The van der Waals surface area contributed by atoms with Crippen LogP contribution in [-0.4, -0.2) is 11.1 Å². The summed E-state index contributed by atoms with van der Waals surface area (Å²) in [6.45, 7) is 8.16. The van der Waals surface area contributed by atoms with Crippen LogP contribution in [0.5, 0.6) is 0 Å². The van der Waals surface area contributed by atoms with Crippen molar-refractivity contribution < 1.29 is 9.90 Å². The second-order valence-electron chi connectivity index (χ2n) is 5.41. The van der Waals surface area contributed by atoms with Gasteiger partial charge in [0.1, 0.15) is 0 Å². The maximum Gasteiger partial charge on any atom is 0.309 e. The number of rotatable bonds is 3. The number of carboxylic acids is 1. The fourth-order valence-corrected chi connectivity index (χ4v) is 2.11. The van der Waals surface area contributed by atoms with Crippen molar-refractivity contribution in [1.82, 2.24) is 0 Å². The van der Waals surface area contributed by atoms with E-state index >= 15 is 0 Å². The van der Waals surface area contributed by atoms with E-state index in [1.165, 1.54) is 16.7 Å². The lowest BCUT2D eigenvalue weighted by Gasteiger charge is -2.31. The molecule has 0 aromatic heterocycles. The van der Waals surface area contributed by atoms with Gasteiger partial charge >= 0.3 is 5.97 Å². The third kappa shape index (κ3) is 2.97. The summed E-state index contributed by atoms with van der Waals surface area (Å²) < 4.78 is 0. The third-order valence-corrected chi connectivity index (χ3v) is 3.53. The molecule has 0 radical (unpaired) electrons. The molecule has 0 bridgehead atoms. The van der Waals surface area contributed by atoms with E-state index in [-0.39, 0.29) is 0 Å². The Morgan fingerprint density at radius 2 is 2.12 bits per heavy atom. The molecule has 0 heterocycles. The van der Waals surface area contributed by atoms with Crippen molar-refractivity contribution in [2.45, 2.75) is 53.4 Å². The molecular formula is C14H22O2. The number of carboxylic acid groups (broad SMARTS) is 1. The van der Waals surface area contributed by atoms with Gasteiger partial charge in [-0.05, 0) is 53.4 Å². The van der Waals surface area contributed by atoms with E-state index in [1.807, 2.05) is 6.92 Å². The minimum atomic E-state index is -0.658. The first-order valence-electron chi connectivity index (χ1n) is 5.89. The Labute approximate surface area is 98.1 Å². The van der Waals surface area contributed by atoms with Gasteiger partial charge in [-0.1, -0.05) is 22.8 Å².